The normalized spacial score (nSPS) is 11.1. The molecule has 0 aliphatic heterocycles. The molecule has 0 atom stereocenters. The predicted molar refractivity (Wildman–Crippen MR) is 148 cm³/mol. The summed E-state index contributed by atoms with van der Waals surface area (Å²) in [6, 6.07) is 12.7. The van der Waals surface area contributed by atoms with Crippen molar-refractivity contribution in [3.63, 3.8) is 0 Å². The Morgan fingerprint density at radius 2 is 1.89 bits per heavy atom. The van der Waals surface area contributed by atoms with Crippen molar-refractivity contribution in [1.82, 2.24) is 19.4 Å². The van der Waals surface area contributed by atoms with E-state index in [0.29, 0.717) is 34.9 Å². The standard InChI is InChI=1S/C27H31N7O4/c1-17-15-22(32(4)14-13-31(2)3)23(34(36)37)16-20(17)30-27-28-12-11-19(29-27)24-18-9-7-8-10-21(18)33(5)25(24)26(35)38-6/h7-12,15-16H,13-14H2,1-6H3,(H,28,29,30). The second kappa shape index (κ2) is 10.9. The summed E-state index contributed by atoms with van der Waals surface area (Å²) in [6.07, 6.45) is 1.58. The smallest absolute Gasteiger partial charge is 0.355 e. The van der Waals surface area contributed by atoms with Gasteiger partial charge in [-0.3, -0.25) is 10.1 Å². The summed E-state index contributed by atoms with van der Waals surface area (Å²) in [6.45, 7) is 3.27. The minimum Gasteiger partial charge on any atom is -0.464 e. The van der Waals surface area contributed by atoms with Gasteiger partial charge in [-0.15, -0.1) is 0 Å². The molecule has 2 heterocycles. The molecule has 4 rings (SSSR count). The van der Waals surface area contributed by atoms with Crippen LogP contribution in [0.4, 0.5) is 23.0 Å². The van der Waals surface area contributed by atoms with Gasteiger partial charge in [0, 0.05) is 55.9 Å². The first-order valence-electron chi connectivity index (χ1n) is 12.0. The van der Waals surface area contributed by atoms with Crippen molar-refractivity contribution in [2.24, 2.45) is 7.05 Å². The van der Waals surface area contributed by atoms with E-state index in [-0.39, 0.29) is 16.6 Å². The van der Waals surface area contributed by atoms with Gasteiger partial charge in [-0.2, -0.15) is 0 Å². The number of benzene rings is 2. The van der Waals surface area contributed by atoms with Gasteiger partial charge in [0.15, 0.2) is 0 Å². The molecular weight excluding hydrogens is 486 g/mol. The first-order chi connectivity index (χ1) is 18.1. The van der Waals surface area contributed by atoms with Gasteiger partial charge in [0.25, 0.3) is 5.69 Å². The van der Waals surface area contributed by atoms with Crippen LogP contribution in [0.1, 0.15) is 16.1 Å². The molecule has 0 amide bonds. The molecule has 0 aliphatic carbocycles. The molecule has 11 nitrogen and oxygen atoms in total. The zero-order valence-corrected chi connectivity index (χ0v) is 22.3. The van der Waals surface area contributed by atoms with E-state index >= 15 is 0 Å². The number of carbonyl (C=O) groups excluding carboxylic acids is 1. The maximum absolute atomic E-state index is 12.7. The summed E-state index contributed by atoms with van der Waals surface area (Å²) in [5.74, 6) is -0.232. The van der Waals surface area contributed by atoms with Gasteiger partial charge in [0.05, 0.1) is 23.4 Å². The predicted octanol–water partition coefficient (Wildman–Crippen LogP) is 4.38. The third-order valence-electron chi connectivity index (χ3n) is 6.46. The summed E-state index contributed by atoms with van der Waals surface area (Å²) in [7, 11) is 8.90. The second-order valence-electron chi connectivity index (χ2n) is 9.32. The summed E-state index contributed by atoms with van der Waals surface area (Å²) in [5, 5.41) is 15.9. The van der Waals surface area contributed by atoms with E-state index in [1.165, 1.54) is 13.2 Å². The average Bonchev–Trinajstić information content (AvgIpc) is 3.20. The van der Waals surface area contributed by atoms with Crippen LogP contribution in [0.2, 0.25) is 0 Å². The number of ether oxygens (including phenoxy) is 1. The van der Waals surface area contributed by atoms with Crippen LogP contribution in [0, 0.1) is 17.0 Å². The number of nitro benzene ring substituents is 1. The van der Waals surface area contributed by atoms with E-state index in [0.717, 1.165) is 23.0 Å². The number of likely N-dealkylation sites (N-methyl/N-ethyl adjacent to an activating group) is 2. The largest absolute Gasteiger partial charge is 0.464 e. The SMILES string of the molecule is COC(=O)c1c(-c2ccnc(Nc3cc([N+](=O)[O-])c(N(C)CCN(C)C)cc3C)n2)c2ccccc2n1C. The van der Waals surface area contributed by atoms with Crippen LogP contribution in [0.5, 0.6) is 0 Å². The number of fused-ring (bicyclic) bond motifs is 1. The van der Waals surface area contributed by atoms with Crippen molar-refractivity contribution in [2.45, 2.75) is 6.92 Å². The molecule has 1 N–H and O–H groups in total. The van der Waals surface area contributed by atoms with Crippen molar-refractivity contribution in [1.29, 1.82) is 0 Å². The van der Waals surface area contributed by atoms with E-state index in [1.807, 2.05) is 62.1 Å². The number of carbonyl (C=O) groups is 1. The number of esters is 1. The second-order valence-corrected chi connectivity index (χ2v) is 9.32. The first kappa shape index (κ1) is 26.6. The lowest BCUT2D eigenvalue weighted by atomic mass is 10.1. The van der Waals surface area contributed by atoms with Gasteiger partial charge in [-0.05, 0) is 44.8 Å². The molecule has 0 bridgehead atoms. The highest BCUT2D eigenvalue weighted by atomic mass is 16.6. The number of nitrogens with one attached hydrogen (secondary N) is 1. The molecule has 0 saturated heterocycles. The molecule has 0 spiro atoms. The number of rotatable bonds is 9. The van der Waals surface area contributed by atoms with Gasteiger partial charge < -0.3 is 24.4 Å². The van der Waals surface area contributed by atoms with Crippen LogP contribution >= 0.6 is 0 Å². The van der Waals surface area contributed by atoms with Gasteiger partial charge in [-0.1, -0.05) is 18.2 Å². The van der Waals surface area contributed by atoms with E-state index in [1.54, 1.807) is 29.9 Å². The third kappa shape index (κ3) is 5.14. The van der Waals surface area contributed by atoms with Crippen molar-refractivity contribution < 1.29 is 14.5 Å². The van der Waals surface area contributed by atoms with E-state index in [9.17, 15) is 14.9 Å². The highest BCUT2D eigenvalue weighted by molar-refractivity contribution is 6.08. The summed E-state index contributed by atoms with van der Waals surface area (Å²) in [5.41, 5.74) is 4.21. The Hall–Kier alpha value is -4.51. The molecule has 0 radical (unpaired) electrons. The third-order valence-corrected chi connectivity index (χ3v) is 6.46. The zero-order chi connectivity index (χ0) is 27.6. The molecule has 0 fully saturated rings. The fourth-order valence-corrected chi connectivity index (χ4v) is 4.41. The minimum atomic E-state index is -0.479. The van der Waals surface area contributed by atoms with Gasteiger partial charge in [-0.25, -0.2) is 14.8 Å². The Morgan fingerprint density at radius 1 is 1.16 bits per heavy atom. The highest BCUT2D eigenvalue weighted by Gasteiger charge is 2.24. The summed E-state index contributed by atoms with van der Waals surface area (Å²) in [4.78, 5) is 37.2. The van der Waals surface area contributed by atoms with Crippen LogP contribution in [0.15, 0.2) is 48.7 Å². The molecule has 11 heteroatoms. The van der Waals surface area contributed by atoms with Crippen molar-refractivity contribution >= 4 is 39.9 Å². The highest BCUT2D eigenvalue weighted by Crippen LogP contribution is 2.36. The molecule has 2 aromatic carbocycles. The molecule has 0 unspecified atom stereocenters. The number of hydrogen-bond donors (Lipinski definition) is 1. The van der Waals surface area contributed by atoms with Crippen LogP contribution in [-0.2, 0) is 11.8 Å². The number of hydrogen-bond acceptors (Lipinski definition) is 9. The Kier molecular flexibility index (Phi) is 7.58. The minimum absolute atomic E-state index is 0.0162. The van der Waals surface area contributed by atoms with Crippen molar-refractivity contribution in [3.8, 4) is 11.3 Å². The van der Waals surface area contributed by atoms with E-state index in [2.05, 4.69) is 15.3 Å². The summed E-state index contributed by atoms with van der Waals surface area (Å²) < 4.78 is 6.84. The molecule has 198 valence electrons. The van der Waals surface area contributed by atoms with Gasteiger partial charge in [0.1, 0.15) is 11.4 Å². The number of aryl methyl sites for hydroxylation is 2. The number of aromatic nitrogens is 3. The molecule has 0 saturated carbocycles. The Labute approximate surface area is 220 Å². The topological polar surface area (TPSA) is 119 Å². The maximum atomic E-state index is 12.7. The number of anilines is 3. The Bertz CT molecular complexity index is 1510. The van der Waals surface area contributed by atoms with E-state index in [4.69, 9.17) is 4.74 Å². The lowest BCUT2D eigenvalue weighted by Crippen LogP contribution is -2.29. The maximum Gasteiger partial charge on any atom is 0.355 e. The zero-order valence-electron chi connectivity index (χ0n) is 22.3. The van der Waals surface area contributed by atoms with Crippen molar-refractivity contribution in [3.05, 3.63) is 70.0 Å². The van der Waals surface area contributed by atoms with Gasteiger partial charge in [0.2, 0.25) is 5.95 Å². The Morgan fingerprint density at radius 3 is 2.58 bits per heavy atom. The number of nitrogens with zero attached hydrogens (tertiary/aromatic N) is 6. The molecule has 4 aromatic rings. The van der Waals surface area contributed by atoms with E-state index < -0.39 is 5.97 Å². The summed E-state index contributed by atoms with van der Waals surface area (Å²) >= 11 is 0. The lowest BCUT2D eigenvalue weighted by molar-refractivity contribution is -0.384. The molecule has 38 heavy (non-hydrogen) atoms. The van der Waals surface area contributed by atoms with Gasteiger partial charge >= 0.3 is 5.97 Å². The fraction of sp³-hybridized carbons (Fsp3) is 0.296. The number of para-hydroxylation sites is 1. The number of methoxy groups -OCH3 is 1. The van der Waals surface area contributed by atoms with Crippen LogP contribution in [-0.4, -0.2) is 71.7 Å². The lowest BCUT2D eigenvalue weighted by Gasteiger charge is -2.22. The van der Waals surface area contributed by atoms with Crippen LogP contribution < -0.4 is 10.2 Å². The fourth-order valence-electron chi connectivity index (χ4n) is 4.41. The average molecular weight is 518 g/mol. The quantitative estimate of drug-likeness (QED) is 0.196. The molecule has 2 aromatic heterocycles. The monoisotopic (exact) mass is 517 g/mol. The number of nitro groups is 1. The molecule has 0 aliphatic rings. The van der Waals surface area contributed by atoms with Crippen LogP contribution in [0.3, 0.4) is 0 Å². The Balaban J connectivity index is 1.75. The van der Waals surface area contributed by atoms with Crippen LogP contribution in [0.25, 0.3) is 22.2 Å². The van der Waals surface area contributed by atoms with Crippen molar-refractivity contribution in [2.75, 3.05) is 51.6 Å². The first-order valence-corrected chi connectivity index (χ1v) is 12.0. The molecular formula is C27H31N7O4.